The Morgan fingerprint density at radius 2 is 2.00 bits per heavy atom. The van der Waals surface area contributed by atoms with Crippen molar-refractivity contribution in [2.75, 3.05) is 11.9 Å². The Morgan fingerprint density at radius 3 is 2.69 bits per heavy atom. The quantitative estimate of drug-likeness (QED) is 0.742. The van der Waals surface area contributed by atoms with E-state index in [1.165, 1.54) is 11.3 Å². The van der Waals surface area contributed by atoms with Crippen molar-refractivity contribution in [3.8, 4) is 0 Å². The molecule has 3 heterocycles. The lowest BCUT2D eigenvalue weighted by Crippen LogP contribution is -2.41. The summed E-state index contributed by atoms with van der Waals surface area (Å²) >= 11 is 0. The molecule has 1 aromatic carbocycles. The number of nitrogens with zero attached hydrogens (tertiary/aromatic N) is 5. The molecule has 1 atom stereocenters. The molecule has 3 aromatic rings. The number of rotatable bonds is 6. The van der Waals surface area contributed by atoms with Crippen LogP contribution < -0.4 is 5.32 Å². The van der Waals surface area contributed by atoms with Gasteiger partial charge in [-0.2, -0.15) is 5.10 Å². The minimum absolute atomic E-state index is 0.351. The van der Waals surface area contributed by atoms with Crippen molar-refractivity contribution in [3.63, 3.8) is 0 Å². The minimum Gasteiger partial charge on any atom is -0.366 e. The second-order valence-corrected chi connectivity index (χ2v) is 6.79. The molecule has 6 heteroatoms. The van der Waals surface area contributed by atoms with Crippen molar-refractivity contribution in [1.29, 1.82) is 0 Å². The summed E-state index contributed by atoms with van der Waals surface area (Å²) in [5.41, 5.74) is 3.57. The number of anilines is 1. The average Bonchev–Trinajstić information content (AvgIpc) is 3.02. The molecule has 0 radical (unpaired) electrons. The standard InChI is InChI=1S/C20H24N6/c1-15-23-18(12-20(24-15)21-13-16-6-4-3-5-7-16)19-9-11-26(19)14-17-8-10-22-25(17)2/h3-8,10,12,19H,9,11,13-14H2,1-2H3,(H,21,23,24). The Hall–Kier alpha value is -2.73. The van der Waals surface area contributed by atoms with Gasteiger partial charge in [0.2, 0.25) is 0 Å². The molecule has 1 aliphatic rings. The SMILES string of the molecule is Cc1nc(NCc2ccccc2)cc(C2CCN2Cc2ccnn2C)n1. The van der Waals surface area contributed by atoms with Gasteiger partial charge in [0.05, 0.1) is 17.4 Å². The maximum atomic E-state index is 4.70. The first-order valence-electron chi connectivity index (χ1n) is 9.03. The van der Waals surface area contributed by atoms with Crippen LogP contribution in [0.4, 0.5) is 5.82 Å². The lowest BCUT2D eigenvalue weighted by atomic mass is 9.98. The molecule has 1 unspecified atom stereocenters. The van der Waals surface area contributed by atoms with Crippen molar-refractivity contribution >= 4 is 5.82 Å². The minimum atomic E-state index is 0.351. The highest BCUT2D eigenvalue weighted by Gasteiger charge is 2.31. The fourth-order valence-corrected chi connectivity index (χ4v) is 3.37. The van der Waals surface area contributed by atoms with Crippen molar-refractivity contribution in [3.05, 3.63) is 71.4 Å². The average molecular weight is 348 g/mol. The molecule has 4 rings (SSSR count). The number of aromatic nitrogens is 4. The molecule has 0 spiro atoms. The molecular formula is C20H24N6. The molecule has 0 bridgehead atoms. The Morgan fingerprint density at radius 1 is 1.15 bits per heavy atom. The summed E-state index contributed by atoms with van der Waals surface area (Å²) in [6.07, 6.45) is 2.98. The first-order chi connectivity index (χ1) is 12.7. The van der Waals surface area contributed by atoms with E-state index in [-0.39, 0.29) is 0 Å². The maximum Gasteiger partial charge on any atom is 0.130 e. The van der Waals surface area contributed by atoms with Gasteiger partial charge in [-0.25, -0.2) is 9.97 Å². The molecule has 1 fully saturated rings. The van der Waals surface area contributed by atoms with E-state index >= 15 is 0 Å². The van der Waals surface area contributed by atoms with Crippen LogP contribution in [-0.2, 0) is 20.1 Å². The van der Waals surface area contributed by atoms with E-state index < -0.39 is 0 Å². The number of benzene rings is 1. The first kappa shape index (κ1) is 16.7. The Labute approximate surface area is 153 Å². The van der Waals surface area contributed by atoms with Crippen molar-refractivity contribution in [2.24, 2.45) is 7.05 Å². The predicted molar refractivity (Wildman–Crippen MR) is 102 cm³/mol. The smallest absolute Gasteiger partial charge is 0.130 e. The fraction of sp³-hybridized carbons (Fsp3) is 0.350. The van der Waals surface area contributed by atoms with Gasteiger partial charge < -0.3 is 5.32 Å². The van der Waals surface area contributed by atoms with Crippen molar-refractivity contribution in [1.82, 2.24) is 24.6 Å². The summed E-state index contributed by atoms with van der Waals surface area (Å²) in [7, 11) is 1.99. The van der Waals surface area contributed by atoms with Gasteiger partial charge in [-0.1, -0.05) is 30.3 Å². The van der Waals surface area contributed by atoms with Gasteiger partial charge in [0, 0.05) is 38.9 Å². The zero-order chi connectivity index (χ0) is 17.9. The molecule has 0 amide bonds. The van der Waals surface area contributed by atoms with Gasteiger partial charge in [-0.05, 0) is 25.0 Å². The van der Waals surface area contributed by atoms with Crippen LogP contribution in [0.3, 0.4) is 0 Å². The third kappa shape index (κ3) is 3.60. The zero-order valence-electron chi connectivity index (χ0n) is 15.3. The Bertz CT molecular complexity index is 873. The van der Waals surface area contributed by atoms with E-state index in [4.69, 9.17) is 4.98 Å². The van der Waals surface area contributed by atoms with Crippen LogP contribution >= 0.6 is 0 Å². The molecule has 1 N–H and O–H groups in total. The molecule has 26 heavy (non-hydrogen) atoms. The molecule has 134 valence electrons. The lowest BCUT2D eigenvalue weighted by molar-refractivity contribution is 0.0757. The van der Waals surface area contributed by atoms with Crippen LogP contribution in [-0.4, -0.2) is 31.2 Å². The Kier molecular flexibility index (Phi) is 4.67. The maximum absolute atomic E-state index is 4.70. The van der Waals surface area contributed by atoms with Crippen molar-refractivity contribution in [2.45, 2.75) is 32.5 Å². The van der Waals surface area contributed by atoms with E-state index in [1.54, 1.807) is 0 Å². The predicted octanol–water partition coefficient (Wildman–Crippen LogP) is 3.08. The largest absolute Gasteiger partial charge is 0.366 e. The van der Waals surface area contributed by atoms with Crippen LogP contribution in [0.2, 0.25) is 0 Å². The third-order valence-electron chi connectivity index (χ3n) is 4.93. The van der Waals surface area contributed by atoms with Crippen LogP contribution in [0.25, 0.3) is 0 Å². The van der Waals surface area contributed by atoms with E-state index in [0.29, 0.717) is 6.04 Å². The molecule has 1 aliphatic heterocycles. The monoisotopic (exact) mass is 348 g/mol. The van der Waals surface area contributed by atoms with Crippen molar-refractivity contribution < 1.29 is 0 Å². The summed E-state index contributed by atoms with van der Waals surface area (Å²) in [6, 6.07) is 14.9. The number of likely N-dealkylation sites (tertiary alicyclic amines) is 1. The molecule has 0 aliphatic carbocycles. The highest BCUT2D eigenvalue weighted by Crippen LogP contribution is 2.34. The molecule has 2 aromatic heterocycles. The second-order valence-electron chi connectivity index (χ2n) is 6.79. The summed E-state index contributed by atoms with van der Waals surface area (Å²) in [5, 5.41) is 7.69. The lowest BCUT2D eigenvalue weighted by Gasteiger charge is -2.40. The van der Waals surface area contributed by atoms with Gasteiger partial charge in [0.15, 0.2) is 0 Å². The van der Waals surface area contributed by atoms with Crippen LogP contribution in [0.15, 0.2) is 48.7 Å². The van der Waals surface area contributed by atoms with Crippen LogP contribution in [0.5, 0.6) is 0 Å². The second kappa shape index (κ2) is 7.25. The van der Waals surface area contributed by atoms with E-state index in [9.17, 15) is 0 Å². The third-order valence-corrected chi connectivity index (χ3v) is 4.93. The van der Waals surface area contributed by atoms with Crippen LogP contribution in [0.1, 0.15) is 35.2 Å². The van der Waals surface area contributed by atoms with E-state index in [2.05, 4.69) is 56.7 Å². The number of hydrogen-bond acceptors (Lipinski definition) is 5. The van der Waals surface area contributed by atoms with Gasteiger partial charge in [-0.3, -0.25) is 9.58 Å². The summed E-state index contributed by atoms with van der Waals surface area (Å²) < 4.78 is 1.94. The zero-order valence-corrected chi connectivity index (χ0v) is 15.3. The highest BCUT2D eigenvalue weighted by atomic mass is 15.3. The molecule has 6 nitrogen and oxygen atoms in total. The van der Waals surface area contributed by atoms with E-state index in [0.717, 1.165) is 43.4 Å². The van der Waals surface area contributed by atoms with Gasteiger partial charge >= 0.3 is 0 Å². The molecular weight excluding hydrogens is 324 g/mol. The Balaban J connectivity index is 1.46. The summed E-state index contributed by atoms with van der Waals surface area (Å²) in [6.45, 7) is 4.71. The number of aryl methyl sites for hydroxylation is 2. The van der Waals surface area contributed by atoms with E-state index in [1.807, 2.05) is 30.9 Å². The summed E-state index contributed by atoms with van der Waals surface area (Å²) in [4.78, 5) is 11.7. The first-order valence-corrected chi connectivity index (χ1v) is 9.03. The highest BCUT2D eigenvalue weighted by molar-refractivity contribution is 5.38. The topological polar surface area (TPSA) is 58.9 Å². The number of hydrogen-bond donors (Lipinski definition) is 1. The summed E-state index contributed by atoms with van der Waals surface area (Å²) in [5.74, 6) is 1.70. The fourth-order valence-electron chi connectivity index (χ4n) is 3.37. The van der Waals surface area contributed by atoms with Gasteiger partial charge in [0.1, 0.15) is 11.6 Å². The molecule has 1 saturated heterocycles. The normalized spacial score (nSPS) is 17.1. The van der Waals surface area contributed by atoms with Gasteiger partial charge in [0.25, 0.3) is 0 Å². The molecule has 0 saturated carbocycles. The van der Waals surface area contributed by atoms with Gasteiger partial charge in [-0.15, -0.1) is 0 Å². The number of nitrogens with one attached hydrogen (secondary N) is 1. The van der Waals surface area contributed by atoms with Crippen LogP contribution in [0, 0.1) is 6.92 Å².